The number of carbonyl (C=O) groups excluding carboxylic acids is 3. The highest BCUT2D eigenvalue weighted by atomic mass is 16.6. The summed E-state index contributed by atoms with van der Waals surface area (Å²) >= 11 is 0. The normalized spacial score (nSPS) is 10.8. The zero-order valence-corrected chi connectivity index (χ0v) is 17.6. The Morgan fingerprint density at radius 3 is 2.13 bits per heavy atom. The molecule has 0 aliphatic carbocycles. The van der Waals surface area contributed by atoms with Crippen LogP contribution < -0.4 is 10.6 Å². The molecule has 0 aromatic heterocycles. The fourth-order valence-corrected chi connectivity index (χ4v) is 2.55. The molecule has 0 bridgehead atoms. The fraction of sp³-hybridized carbons (Fsp3) is 0.348. The molecule has 160 valence electrons. The number of ether oxygens (including phenoxy) is 2. The second kappa shape index (κ2) is 11.0. The van der Waals surface area contributed by atoms with Crippen molar-refractivity contribution in [2.45, 2.75) is 32.8 Å². The highest BCUT2D eigenvalue weighted by Crippen LogP contribution is 2.19. The van der Waals surface area contributed by atoms with E-state index in [0.29, 0.717) is 0 Å². The number of hydrogen-bond donors (Lipinski definition) is 2. The number of hydrogen-bond acceptors (Lipinski definition) is 5. The van der Waals surface area contributed by atoms with E-state index in [1.807, 2.05) is 54.6 Å². The summed E-state index contributed by atoms with van der Waals surface area (Å²) in [5.41, 5.74) is 2.42. The van der Waals surface area contributed by atoms with E-state index in [0.717, 1.165) is 16.7 Å². The standard InChI is InChI=1S/C23H28N2O5/c1-23(2,3)30-22(28)25-16-20(26)24-13-14-29-21(27)15-17-9-11-19(12-10-17)18-7-5-4-6-8-18/h4-12H,13-16H2,1-3H3,(H,24,26)(H,25,28). The van der Waals surface area contributed by atoms with Gasteiger partial charge in [0.05, 0.1) is 19.5 Å². The fourth-order valence-electron chi connectivity index (χ4n) is 2.55. The van der Waals surface area contributed by atoms with Gasteiger partial charge in [0, 0.05) is 0 Å². The molecule has 0 atom stereocenters. The summed E-state index contributed by atoms with van der Waals surface area (Å²) < 4.78 is 10.2. The van der Waals surface area contributed by atoms with Gasteiger partial charge in [-0.15, -0.1) is 0 Å². The quantitative estimate of drug-likeness (QED) is 0.513. The minimum atomic E-state index is -0.664. The van der Waals surface area contributed by atoms with Crippen molar-refractivity contribution in [2.24, 2.45) is 0 Å². The zero-order chi connectivity index (χ0) is 22.0. The van der Waals surface area contributed by atoms with Gasteiger partial charge in [0.1, 0.15) is 12.2 Å². The Morgan fingerprint density at radius 1 is 0.867 bits per heavy atom. The van der Waals surface area contributed by atoms with Crippen LogP contribution >= 0.6 is 0 Å². The predicted molar refractivity (Wildman–Crippen MR) is 114 cm³/mol. The van der Waals surface area contributed by atoms with Crippen LogP contribution in [0, 0.1) is 0 Å². The molecular weight excluding hydrogens is 384 g/mol. The molecule has 0 aliphatic heterocycles. The third-order valence-corrected chi connectivity index (χ3v) is 3.89. The van der Waals surface area contributed by atoms with E-state index in [-0.39, 0.29) is 32.1 Å². The molecule has 0 aliphatic rings. The summed E-state index contributed by atoms with van der Waals surface area (Å²) in [5, 5.41) is 4.92. The molecule has 2 rings (SSSR count). The molecular formula is C23H28N2O5. The molecule has 2 aromatic carbocycles. The van der Waals surface area contributed by atoms with Crippen LogP contribution in [0.4, 0.5) is 4.79 Å². The van der Waals surface area contributed by atoms with Crippen LogP contribution in [-0.4, -0.2) is 43.3 Å². The van der Waals surface area contributed by atoms with Crippen LogP contribution in [-0.2, 0) is 25.5 Å². The van der Waals surface area contributed by atoms with Gasteiger partial charge in [0.15, 0.2) is 0 Å². The topological polar surface area (TPSA) is 93.7 Å². The Hall–Kier alpha value is -3.35. The molecule has 30 heavy (non-hydrogen) atoms. The summed E-state index contributed by atoms with van der Waals surface area (Å²) in [6, 6.07) is 17.7. The van der Waals surface area contributed by atoms with Crippen LogP contribution in [0.2, 0.25) is 0 Å². The lowest BCUT2D eigenvalue weighted by molar-refractivity contribution is -0.143. The van der Waals surface area contributed by atoms with E-state index < -0.39 is 17.6 Å². The summed E-state index contributed by atoms with van der Waals surface area (Å²) in [4.78, 5) is 35.1. The van der Waals surface area contributed by atoms with E-state index in [1.165, 1.54) is 0 Å². The van der Waals surface area contributed by atoms with Crippen molar-refractivity contribution in [2.75, 3.05) is 19.7 Å². The van der Waals surface area contributed by atoms with Crippen LogP contribution in [0.25, 0.3) is 11.1 Å². The molecule has 0 saturated carbocycles. The van der Waals surface area contributed by atoms with E-state index in [2.05, 4.69) is 10.6 Å². The maximum atomic E-state index is 12.0. The molecule has 0 unspecified atom stereocenters. The largest absolute Gasteiger partial charge is 0.464 e. The highest BCUT2D eigenvalue weighted by molar-refractivity contribution is 5.82. The Balaban J connectivity index is 1.63. The molecule has 0 saturated heterocycles. The maximum Gasteiger partial charge on any atom is 0.408 e. The Labute approximate surface area is 176 Å². The van der Waals surface area contributed by atoms with Gasteiger partial charge < -0.3 is 20.1 Å². The van der Waals surface area contributed by atoms with Crippen molar-refractivity contribution < 1.29 is 23.9 Å². The zero-order valence-electron chi connectivity index (χ0n) is 17.6. The van der Waals surface area contributed by atoms with Crippen LogP contribution in [0.3, 0.4) is 0 Å². The number of rotatable bonds is 8. The van der Waals surface area contributed by atoms with Crippen molar-refractivity contribution >= 4 is 18.0 Å². The Morgan fingerprint density at radius 2 is 1.50 bits per heavy atom. The number of nitrogens with one attached hydrogen (secondary N) is 2. The van der Waals surface area contributed by atoms with Crippen molar-refractivity contribution in [3.05, 3.63) is 60.2 Å². The van der Waals surface area contributed by atoms with Gasteiger partial charge in [-0.25, -0.2) is 4.79 Å². The van der Waals surface area contributed by atoms with Crippen molar-refractivity contribution in [1.82, 2.24) is 10.6 Å². The minimum absolute atomic E-state index is 0.0547. The van der Waals surface area contributed by atoms with Gasteiger partial charge in [-0.2, -0.15) is 0 Å². The van der Waals surface area contributed by atoms with Gasteiger partial charge in [-0.3, -0.25) is 9.59 Å². The van der Waals surface area contributed by atoms with Crippen molar-refractivity contribution in [1.29, 1.82) is 0 Å². The Kier molecular flexibility index (Phi) is 8.41. The van der Waals surface area contributed by atoms with E-state index >= 15 is 0 Å². The van der Waals surface area contributed by atoms with Crippen molar-refractivity contribution in [3.8, 4) is 11.1 Å². The van der Waals surface area contributed by atoms with Crippen LogP contribution in [0.5, 0.6) is 0 Å². The predicted octanol–water partition coefficient (Wildman–Crippen LogP) is 3.08. The summed E-state index contributed by atoms with van der Waals surface area (Å²) in [6.07, 6.45) is -0.509. The number of benzene rings is 2. The van der Waals surface area contributed by atoms with E-state index in [4.69, 9.17) is 9.47 Å². The second-order valence-corrected chi connectivity index (χ2v) is 7.67. The lowest BCUT2D eigenvalue weighted by Gasteiger charge is -2.19. The molecule has 0 fully saturated rings. The molecule has 0 radical (unpaired) electrons. The summed E-state index contributed by atoms with van der Waals surface area (Å²) in [6.45, 7) is 5.21. The molecule has 7 heteroatoms. The smallest absolute Gasteiger partial charge is 0.408 e. The molecule has 0 spiro atoms. The van der Waals surface area contributed by atoms with E-state index in [9.17, 15) is 14.4 Å². The Bertz CT molecular complexity index is 842. The van der Waals surface area contributed by atoms with Gasteiger partial charge in [-0.05, 0) is 37.5 Å². The lowest BCUT2D eigenvalue weighted by atomic mass is 10.0. The number of esters is 1. The number of alkyl carbamates (subject to hydrolysis) is 1. The SMILES string of the molecule is CC(C)(C)OC(=O)NCC(=O)NCCOC(=O)Cc1ccc(-c2ccccc2)cc1. The third kappa shape index (κ3) is 8.77. The average Bonchev–Trinajstić information content (AvgIpc) is 2.70. The van der Waals surface area contributed by atoms with Gasteiger partial charge >= 0.3 is 12.1 Å². The molecule has 2 aromatic rings. The van der Waals surface area contributed by atoms with Gasteiger partial charge in [0.2, 0.25) is 5.91 Å². The molecule has 0 heterocycles. The number of carbonyl (C=O) groups is 3. The first-order valence-corrected chi connectivity index (χ1v) is 9.76. The third-order valence-electron chi connectivity index (χ3n) is 3.89. The first-order valence-electron chi connectivity index (χ1n) is 9.76. The first-order chi connectivity index (χ1) is 14.2. The van der Waals surface area contributed by atoms with Gasteiger partial charge in [0.25, 0.3) is 0 Å². The first kappa shape index (κ1) is 22.9. The average molecular weight is 412 g/mol. The van der Waals surface area contributed by atoms with Crippen LogP contribution in [0.1, 0.15) is 26.3 Å². The second-order valence-electron chi connectivity index (χ2n) is 7.67. The monoisotopic (exact) mass is 412 g/mol. The highest BCUT2D eigenvalue weighted by Gasteiger charge is 2.16. The molecule has 7 nitrogen and oxygen atoms in total. The van der Waals surface area contributed by atoms with Crippen LogP contribution in [0.15, 0.2) is 54.6 Å². The molecule has 2 N–H and O–H groups in total. The summed E-state index contributed by atoms with van der Waals surface area (Å²) in [5.74, 6) is -0.767. The number of amides is 2. The lowest BCUT2D eigenvalue weighted by Crippen LogP contribution is -2.40. The van der Waals surface area contributed by atoms with Gasteiger partial charge in [-0.1, -0.05) is 54.6 Å². The van der Waals surface area contributed by atoms with Crippen molar-refractivity contribution in [3.63, 3.8) is 0 Å². The minimum Gasteiger partial charge on any atom is -0.464 e. The maximum absolute atomic E-state index is 12.0. The summed E-state index contributed by atoms with van der Waals surface area (Å²) in [7, 11) is 0. The van der Waals surface area contributed by atoms with E-state index in [1.54, 1.807) is 20.8 Å². The molecule has 2 amide bonds.